The van der Waals surface area contributed by atoms with Gasteiger partial charge in [0.05, 0.1) is 5.69 Å². The number of pyridine rings is 1. The molecule has 1 aromatic heterocycles. The molecule has 3 heteroatoms. The third-order valence-corrected chi connectivity index (χ3v) is 2.44. The highest BCUT2D eigenvalue weighted by Crippen LogP contribution is 2.11. The summed E-state index contributed by atoms with van der Waals surface area (Å²) in [5.74, 6) is 0. The summed E-state index contributed by atoms with van der Waals surface area (Å²) >= 11 is 0. The molecule has 3 nitrogen and oxygen atoms in total. The normalized spacial score (nSPS) is 11.7. The number of hydrogen-bond donors (Lipinski definition) is 2. The van der Waals surface area contributed by atoms with Crippen LogP contribution in [0.1, 0.15) is 25.1 Å². The highest BCUT2D eigenvalue weighted by molar-refractivity contribution is 5.17. The first-order chi connectivity index (χ1) is 7.05. The third-order valence-electron chi connectivity index (χ3n) is 2.44. The van der Waals surface area contributed by atoms with Crippen LogP contribution < -0.4 is 5.32 Å². The molecule has 0 atom stereocenters. The summed E-state index contributed by atoms with van der Waals surface area (Å²) < 4.78 is 0. The fraction of sp³-hybridized carbons (Fsp3) is 0.583. The van der Waals surface area contributed by atoms with E-state index in [1.165, 1.54) is 5.56 Å². The van der Waals surface area contributed by atoms with Crippen LogP contribution in [0.3, 0.4) is 0 Å². The van der Waals surface area contributed by atoms with Gasteiger partial charge in [0.2, 0.25) is 0 Å². The second kappa shape index (κ2) is 5.24. The Hall–Kier alpha value is -0.930. The minimum absolute atomic E-state index is 0.0668. The van der Waals surface area contributed by atoms with Gasteiger partial charge in [0.25, 0.3) is 0 Å². The second-order valence-corrected chi connectivity index (χ2v) is 4.69. The van der Waals surface area contributed by atoms with Crippen LogP contribution in [-0.2, 0) is 6.54 Å². The smallest absolute Gasteiger partial charge is 0.0570 e. The molecule has 0 bridgehead atoms. The largest absolute Gasteiger partial charge is 0.396 e. The topological polar surface area (TPSA) is 45.2 Å². The minimum Gasteiger partial charge on any atom is -0.396 e. The van der Waals surface area contributed by atoms with E-state index in [2.05, 4.69) is 23.3 Å². The van der Waals surface area contributed by atoms with Crippen molar-refractivity contribution in [1.29, 1.82) is 0 Å². The summed E-state index contributed by atoms with van der Waals surface area (Å²) in [6.45, 7) is 7.87. The molecular weight excluding hydrogens is 188 g/mol. The lowest BCUT2D eigenvalue weighted by Gasteiger charge is -2.21. The number of nitrogens with one attached hydrogen (secondary N) is 1. The molecule has 0 aliphatic carbocycles. The maximum atomic E-state index is 9.09. The van der Waals surface area contributed by atoms with Crippen molar-refractivity contribution in [2.75, 3.05) is 13.2 Å². The van der Waals surface area contributed by atoms with Gasteiger partial charge in [-0.2, -0.15) is 0 Å². The van der Waals surface area contributed by atoms with Crippen LogP contribution in [0, 0.1) is 12.3 Å². The molecule has 2 N–H and O–H groups in total. The highest BCUT2D eigenvalue weighted by Gasteiger charge is 2.15. The molecule has 0 saturated carbocycles. The summed E-state index contributed by atoms with van der Waals surface area (Å²) in [7, 11) is 0. The SMILES string of the molecule is Cc1cccnc1CNCC(C)(C)CO. The average Bonchev–Trinajstić information content (AvgIpc) is 2.21. The van der Waals surface area contributed by atoms with Crippen molar-refractivity contribution in [2.45, 2.75) is 27.3 Å². The van der Waals surface area contributed by atoms with Gasteiger partial charge in [-0.05, 0) is 18.6 Å². The van der Waals surface area contributed by atoms with Gasteiger partial charge in [0, 0.05) is 31.3 Å². The first-order valence-electron chi connectivity index (χ1n) is 5.27. The van der Waals surface area contributed by atoms with E-state index >= 15 is 0 Å². The maximum Gasteiger partial charge on any atom is 0.0570 e. The Labute approximate surface area is 91.5 Å². The van der Waals surface area contributed by atoms with E-state index in [0.29, 0.717) is 0 Å². The van der Waals surface area contributed by atoms with E-state index in [1.807, 2.05) is 19.9 Å². The molecule has 0 amide bonds. The lowest BCUT2D eigenvalue weighted by molar-refractivity contribution is 0.156. The molecule has 0 spiro atoms. The van der Waals surface area contributed by atoms with E-state index in [0.717, 1.165) is 18.8 Å². The number of nitrogens with zero attached hydrogens (tertiary/aromatic N) is 1. The summed E-state index contributed by atoms with van der Waals surface area (Å²) in [6, 6.07) is 4.00. The maximum absolute atomic E-state index is 9.09. The molecule has 0 saturated heterocycles. The predicted molar refractivity (Wildman–Crippen MR) is 61.5 cm³/mol. The van der Waals surface area contributed by atoms with Crippen LogP contribution in [0.25, 0.3) is 0 Å². The van der Waals surface area contributed by atoms with E-state index in [9.17, 15) is 0 Å². The van der Waals surface area contributed by atoms with Gasteiger partial charge < -0.3 is 10.4 Å². The van der Waals surface area contributed by atoms with Crippen molar-refractivity contribution < 1.29 is 5.11 Å². The van der Waals surface area contributed by atoms with Gasteiger partial charge in [0.1, 0.15) is 0 Å². The van der Waals surface area contributed by atoms with E-state index in [1.54, 1.807) is 6.20 Å². The molecule has 1 rings (SSSR count). The van der Waals surface area contributed by atoms with Crippen LogP contribution in [0.5, 0.6) is 0 Å². The zero-order valence-corrected chi connectivity index (χ0v) is 9.75. The van der Waals surface area contributed by atoms with Crippen molar-refractivity contribution in [2.24, 2.45) is 5.41 Å². The number of aliphatic hydroxyl groups is 1. The van der Waals surface area contributed by atoms with E-state index in [4.69, 9.17) is 5.11 Å². The molecule has 15 heavy (non-hydrogen) atoms. The summed E-state index contributed by atoms with van der Waals surface area (Å²) in [5, 5.41) is 12.4. The van der Waals surface area contributed by atoms with Crippen molar-refractivity contribution in [3.05, 3.63) is 29.6 Å². The van der Waals surface area contributed by atoms with Crippen molar-refractivity contribution in [3.8, 4) is 0 Å². The lowest BCUT2D eigenvalue weighted by Crippen LogP contribution is -2.32. The standard InChI is InChI=1S/C12H20N2O/c1-10-5-4-6-14-11(10)7-13-8-12(2,3)9-15/h4-6,13,15H,7-9H2,1-3H3. The molecule has 0 unspecified atom stereocenters. The molecule has 0 aliphatic rings. The molecule has 84 valence electrons. The van der Waals surface area contributed by atoms with Crippen molar-refractivity contribution in [1.82, 2.24) is 10.3 Å². The fourth-order valence-corrected chi connectivity index (χ4v) is 1.28. The predicted octanol–water partition coefficient (Wildman–Crippen LogP) is 1.50. The molecule has 1 heterocycles. The third kappa shape index (κ3) is 3.98. The zero-order chi connectivity index (χ0) is 11.3. The molecule has 0 aromatic carbocycles. The average molecular weight is 208 g/mol. The van der Waals surface area contributed by atoms with Crippen molar-refractivity contribution >= 4 is 0 Å². The van der Waals surface area contributed by atoms with Crippen molar-refractivity contribution in [3.63, 3.8) is 0 Å². The monoisotopic (exact) mass is 208 g/mol. The Kier molecular flexibility index (Phi) is 4.24. The van der Waals surface area contributed by atoms with Crippen LogP contribution in [0.15, 0.2) is 18.3 Å². The van der Waals surface area contributed by atoms with E-state index < -0.39 is 0 Å². The van der Waals surface area contributed by atoms with Gasteiger partial charge in [-0.25, -0.2) is 0 Å². The van der Waals surface area contributed by atoms with Crippen LogP contribution in [-0.4, -0.2) is 23.2 Å². The van der Waals surface area contributed by atoms with Crippen LogP contribution in [0.2, 0.25) is 0 Å². The van der Waals surface area contributed by atoms with Gasteiger partial charge in [-0.1, -0.05) is 19.9 Å². The van der Waals surface area contributed by atoms with E-state index in [-0.39, 0.29) is 12.0 Å². The van der Waals surface area contributed by atoms with Gasteiger partial charge in [-0.15, -0.1) is 0 Å². The Morgan fingerprint density at radius 2 is 2.20 bits per heavy atom. The van der Waals surface area contributed by atoms with Gasteiger partial charge in [-0.3, -0.25) is 4.98 Å². The Morgan fingerprint density at radius 3 is 2.80 bits per heavy atom. The quantitative estimate of drug-likeness (QED) is 0.770. The zero-order valence-electron chi connectivity index (χ0n) is 9.75. The van der Waals surface area contributed by atoms with Gasteiger partial charge >= 0.3 is 0 Å². The highest BCUT2D eigenvalue weighted by atomic mass is 16.3. The molecule has 0 aliphatic heterocycles. The Bertz CT molecular complexity index is 310. The first kappa shape index (κ1) is 12.1. The second-order valence-electron chi connectivity index (χ2n) is 4.69. The number of rotatable bonds is 5. The summed E-state index contributed by atoms with van der Waals surface area (Å²) in [4.78, 5) is 4.30. The molecule has 0 radical (unpaired) electrons. The number of hydrogen-bond acceptors (Lipinski definition) is 3. The Morgan fingerprint density at radius 1 is 1.47 bits per heavy atom. The number of aromatic nitrogens is 1. The minimum atomic E-state index is -0.0668. The summed E-state index contributed by atoms with van der Waals surface area (Å²) in [6.07, 6.45) is 1.81. The molecule has 0 fully saturated rings. The van der Waals surface area contributed by atoms with Crippen LogP contribution >= 0.6 is 0 Å². The molecule has 1 aromatic rings. The molecular formula is C12H20N2O. The first-order valence-corrected chi connectivity index (χ1v) is 5.27. The summed E-state index contributed by atoms with van der Waals surface area (Å²) in [5.41, 5.74) is 2.21. The lowest BCUT2D eigenvalue weighted by atomic mass is 9.95. The number of aliphatic hydroxyl groups excluding tert-OH is 1. The van der Waals surface area contributed by atoms with Crippen LogP contribution in [0.4, 0.5) is 0 Å². The fourth-order valence-electron chi connectivity index (χ4n) is 1.28. The Balaban J connectivity index is 2.42. The van der Waals surface area contributed by atoms with Gasteiger partial charge in [0.15, 0.2) is 0 Å². The number of aryl methyl sites for hydroxylation is 1.